The lowest BCUT2D eigenvalue weighted by Crippen LogP contribution is -2.38. The maximum atomic E-state index is 12.3. The van der Waals surface area contributed by atoms with Crippen molar-refractivity contribution in [3.8, 4) is 0 Å². The number of amides is 3. The van der Waals surface area contributed by atoms with Crippen molar-refractivity contribution in [2.75, 3.05) is 37.1 Å². The van der Waals surface area contributed by atoms with Crippen LogP contribution in [0.25, 0.3) is 0 Å². The number of hydrogen-bond donors (Lipinski definition) is 1. The molecule has 0 bridgehead atoms. The minimum Gasteiger partial charge on any atom is -0.449 e. The van der Waals surface area contributed by atoms with Crippen LogP contribution >= 0.6 is 0 Å². The molecule has 1 N–H and O–H groups in total. The summed E-state index contributed by atoms with van der Waals surface area (Å²) in [5.41, 5.74) is 1.40. The van der Waals surface area contributed by atoms with Crippen molar-refractivity contribution in [1.82, 2.24) is 0 Å². The second-order valence-electron chi connectivity index (χ2n) is 5.00. The van der Waals surface area contributed by atoms with Crippen LogP contribution in [-0.4, -0.2) is 45.0 Å². The van der Waals surface area contributed by atoms with Gasteiger partial charge in [-0.15, -0.1) is 0 Å². The zero-order valence-corrected chi connectivity index (χ0v) is 15.0. The lowest BCUT2D eigenvalue weighted by molar-refractivity contribution is -0.114. The van der Waals surface area contributed by atoms with Gasteiger partial charge in [-0.2, -0.15) is 4.90 Å². The fourth-order valence-corrected chi connectivity index (χ4v) is 2.12. The molecule has 0 heterocycles. The van der Waals surface area contributed by atoms with Crippen LogP contribution in [0.1, 0.15) is 26.3 Å². The van der Waals surface area contributed by atoms with Crippen molar-refractivity contribution in [1.29, 1.82) is 0 Å². The zero-order valence-electron chi connectivity index (χ0n) is 15.0. The second-order valence-corrected chi connectivity index (χ2v) is 5.00. The molecule has 0 saturated carbocycles. The van der Waals surface area contributed by atoms with Gasteiger partial charge in [-0.3, -0.25) is 4.79 Å². The molecule has 0 fully saturated rings. The van der Waals surface area contributed by atoms with Crippen LogP contribution in [0.5, 0.6) is 0 Å². The molecule has 0 saturated heterocycles. The van der Waals surface area contributed by atoms with Gasteiger partial charge in [0.1, 0.15) is 0 Å². The van der Waals surface area contributed by atoms with Crippen LogP contribution in [-0.2, 0) is 25.4 Å². The number of carbonyl (C=O) groups excluding carboxylic acids is 3. The van der Waals surface area contributed by atoms with E-state index in [1.54, 1.807) is 33.1 Å². The summed E-state index contributed by atoms with van der Waals surface area (Å²) in [6, 6.07) is 4.93. The van der Waals surface area contributed by atoms with E-state index < -0.39 is 12.2 Å². The molecule has 3 amide bonds. The van der Waals surface area contributed by atoms with E-state index in [0.717, 1.165) is 4.90 Å². The number of nitrogens with zero attached hydrogens (tertiary/aromatic N) is 1. The number of anilines is 2. The monoisotopic (exact) mass is 352 g/mol. The van der Waals surface area contributed by atoms with E-state index >= 15 is 0 Å². The highest BCUT2D eigenvalue weighted by atomic mass is 16.6. The van der Waals surface area contributed by atoms with Crippen LogP contribution < -0.4 is 10.2 Å². The minimum atomic E-state index is -0.848. The van der Waals surface area contributed by atoms with E-state index in [-0.39, 0.29) is 24.8 Å². The predicted molar refractivity (Wildman–Crippen MR) is 92.8 cm³/mol. The molecular weight excluding hydrogens is 328 g/mol. The number of carbonyl (C=O) groups is 3. The van der Waals surface area contributed by atoms with Gasteiger partial charge in [0.05, 0.1) is 25.5 Å². The van der Waals surface area contributed by atoms with E-state index in [9.17, 15) is 14.4 Å². The van der Waals surface area contributed by atoms with E-state index in [1.165, 1.54) is 13.0 Å². The van der Waals surface area contributed by atoms with Gasteiger partial charge in [0.2, 0.25) is 5.91 Å². The standard InChI is InChI=1S/C17H24N2O6/c1-5-24-16(21)19(17(22)25-6-2)15-11-14(18-12(3)20)8-7-13(15)9-10-23-4/h7-8,11H,5-6,9-10H2,1-4H3,(H,18,20). The molecule has 25 heavy (non-hydrogen) atoms. The molecule has 8 heteroatoms. The van der Waals surface area contributed by atoms with Crippen molar-refractivity contribution in [3.63, 3.8) is 0 Å². The van der Waals surface area contributed by atoms with Gasteiger partial charge in [0.25, 0.3) is 0 Å². The zero-order chi connectivity index (χ0) is 18.8. The molecular formula is C17H24N2O6. The summed E-state index contributed by atoms with van der Waals surface area (Å²) in [5.74, 6) is -0.269. The molecule has 0 unspecified atom stereocenters. The summed E-state index contributed by atoms with van der Waals surface area (Å²) in [6.45, 7) is 5.25. The number of imide groups is 1. The van der Waals surface area contributed by atoms with Crippen molar-refractivity contribution in [2.24, 2.45) is 0 Å². The van der Waals surface area contributed by atoms with Crippen LogP contribution in [0.4, 0.5) is 21.0 Å². The molecule has 0 spiro atoms. The Bertz CT molecular complexity index is 599. The van der Waals surface area contributed by atoms with Crippen LogP contribution in [0.2, 0.25) is 0 Å². The van der Waals surface area contributed by atoms with E-state index in [1.807, 2.05) is 0 Å². The van der Waals surface area contributed by atoms with Gasteiger partial charge < -0.3 is 19.5 Å². The number of hydrogen-bond acceptors (Lipinski definition) is 6. The van der Waals surface area contributed by atoms with Gasteiger partial charge in [0, 0.05) is 19.7 Å². The Labute approximate surface area is 147 Å². The van der Waals surface area contributed by atoms with E-state index in [4.69, 9.17) is 14.2 Å². The maximum Gasteiger partial charge on any atom is 0.424 e. The summed E-state index contributed by atoms with van der Waals surface area (Å²) in [5, 5.41) is 2.62. The SMILES string of the molecule is CCOC(=O)N(C(=O)OCC)c1cc(NC(C)=O)ccc1CCOC. The molecule has 0 aliphatic heterocycles. The molecule has 0 atom stereocenters. The van der Waals surface area contributed by atoms with Crippen molar-refractivity contribution in [2.45, 2.75) is 27.2 Å². The quantitative estimate of drug-likeness (QED) is 0.811. The summed E-state index contributed by atoms with van der Waals surface area (Å²) in [4.78, 5) is 36.7. The number of benzene rings is 1. The van der Waals surface area contributed by atoms with E-state index in [0.29, 0.717) is 24.3 Å². The molecule has 8 nitrogen and oxygen atoms in total. The summed E-state index contributed by atoms with van der Waals surface area (Å²) >= 11 is 0. The van der Waals surface area contributed by atoms with Gasteiger partial charge in [-0.25, -0.2) is 9.59 Å². The fraction of sp³-hybridized carbons (Fsp3) is 0.471. The Kier molecular flexibility index (Phi) is 8.42. The number of ether oxygens (including phenoxy) is 3. The average Bonchev–Trinajstić information content (AvgIpc) is 2.54. The molecule has 1 aromatic carbocycles. The Balaban J connectivity index is 3.36. The maximum absolute atomic E-state index is 12.3. The van der Waals surface area contributed by atoms with Crippen LogP contribution in [0, 0.1) is 0 Å². The van der Waals surface area contributed by atoms with Gasteiger partial charge in [-0.05, 0) is 38.0 Å². The average molecular weight is 352 g/mol. The first kappa shape index (κ1) is 20.4. The molecule has 1 aromatic rings. The second kappa shape index (κ2) is 10.3. The van der Waals surface area contributed by atoms with Crippen LogP contribution in [0.3, 0.4) is 0 Å². The van der Waals surface area contributed by atoms with E-state index in [2.05, 4.69) is 5.32 Å². The minimum absolute atomic E-state index is 0.105. The molecule has 0 radical (unpaired) electrons. The number of rotatable bonds is 7. The first-order valence-corrected chi connectivity index (χ1v) is 7.97. The highest BCUT2D eigenvalue weighted by Crippen LogP contribution is 2.27. The first-order chi connectivity index (χ1) is 11.9. The molecule has 0 aromatic heterocycles. The summed E-state index contributed by atoms with van der Waals surface area (Å²) in [7, 11) is 1.56. The fourth-order valence-electron chi connectivity index (χ4n) is 2.12. The topological polar surface area (TPSA) is 94.2 Å². The Morgan fingerprint density at radius 2 is 1.68 bits per heavy atom. The Morgan fingerprint density at radius 1 is 1.08 bits per heavy atom. The molecule has 1 rings (SSSR count). The smallest absolute Gasteiger partial charge is 0.424 e. The van der Waals surface area contributed by atoms with Gasteiger partial charge >= 0.3 is 12.2 Å². The summed E-state index contributed by atoms with van der Waals surface area (Å²) in [6.07, 6.45) is -1.24. The normalized spacial score (nSPS) is 10.1. The lowest BCUT2D eigenvalue weighted by atomic mass is 10.1. The third kappa shape index (κ3) is 6.07. The van der Waals surface area contributed by atoms with Gasteiger partial charge in [-0.1, -0.05) is 6.07 Å². The van der Waals surface area contributed by atoms with Crippen molar-refractivity contribution < 1.29 is 28.6 Å². The van der Waals surface area contributed by atoms with Crippen LogP contribution in [0.15, 0.2) is 18.2 Å². The Hall–Kier alpha value is -2.61. The highest BCUT2D eigenvalue weighted by Gasteiger charge is 2.28. The molecule has 0 aliphatic rings. The lowest BCUT2D eigenvalue weighted by Gasteiger charge is -2.23. The predicted octanol–water partition coefficient (Wildman–Crippen LogP) is 2.95. The third-order valence-electron chi connectivity index (χ3n) is 3.12. The molecule has 138 valence electrons. The van der Waals surface area contributed by atoms with Gasteiger partial charge in [0.15, 0.2) is 0 Å². The third-order valence-corrected chi connectivity index (χ3v) is 3.12. The Morgan fingerprint density at radius 3 is 2.16 bits per heavy atom. The first-order valence-electron chi connectivity index (χ1n) is 7.97. The number of nitrogens with one attached hydrogen (secondary N) is 1. The number of methoxy groups -OCH3 is 1. The van der Waals surface area contributed by atoms with Crippen molar-refractivity contribution in [3.05, 3.63) is 23.8 Å². The highest BCUT2D eigenvalue weighted by molar-refractivity contribution is 6.10. The largest absolute Gasteiger partial charge is 0.449 e. The van der Waals surface area contributed by atoms with Crippen molar-refractivity contribution >= 4 is 29.5 Å². The summed E-state index contributed by atoms with van der Waals surface area (Å²) < 4.78 is 15.0. The molecule has 0 aliphatic carbocycles.